The zero-order valence-electron chi connectivity index (χ0n) is 13.6. The van der Waals surface area contributed by atoms with E-state index < -0.39 is 0 Å². The maximum absolute atomic E-state index is 8.84. The van der Waals surface area contributed by atoms with Crippen LogP contribution in [0.25, 0.3) is 0 Å². The van der Waals surface area contributed by atoms with Crippen molar-refractivity contribution in [2.24, 2.45) is 0 Å². The summed E-state index contributed by atoms with van der Waals surface area (Å²) < 4.78 is 0. The molecule has 0 spiro atoms. The van der Waals surface area contributed by atoms with Crippen LogP contribution in [-0.4, -0.2) is 59.6 Å². The minimum atomic E-state index is 0.719. The van der Waals surface area contributed by atoms with Crippen molar-refractivity contribution in [3.63, 3.8) is 0 Å². The average Bonchev–Trinajstić information content (AvgIpc) is 2.60. The van der Waals surface area contributed by atoms with Gasteiger partial charge in [-0.05, 0) is 48.3 Å². The second-order valence-electron chi connectivity index (χ2n) is 5.65. The van der Waals surface area contributed by atoms with Gasteiger partial charge in [-0.1, -0.05) is 12.1 Å². The van der Waals surface area contributed by atoms with Gasteiger partial charge in [0.15, 0.2) is 5.11 Å². The highest BCUT2D eigenvalue weighted by atomic mass is 32.2. The van der Waals surface area contributed by atoms with E-state index in [0.717, 1.165) is 56.4 Å². The monoisotopic (exact) mass is 348 g/mol. The van der Waals surface area contributed by atoms with Crippen LogP contribution < -0.4 is 5.32 Å². The molecule has 0 bridgehead atoms. The first kappa shape index (κ1) is 18.1. The van der Waals surface area contributed by atoms with Crippen molar-refractivity contribution >= 4 is 29.1 Å². The molecule has 0 aliphatic carbocycles. The fourth-order valence-electron chi connectivity index (χ4n) is 2.58. The topological polar surface area (TPSA) is 42.3 Å². The summed E-state index contributed by atoms with van der Waals surface area (Å²) in [5.74, 6) is 1.17. The molecule has 6 heteroatoms. The fraction of sp³-hybridized carbons (Fsp3) is 0.529. The number of nitrogens with one attached hydrogen (secondary N) is 1. The Kier molecular flexibility index (Phi) is 7.66. The lowest BCUT2D eigenvalue weighted by atomic mass is 10.1. The van der Waals surface area contributed by atoms with Gasteiger partial charge in [-0.15, -0.1) is 0 Å². The molecule has 1 aromatic carbocycles. The van der Waals surface area contributed by atoms with Gasteiger partial charge < -0.3 is 10.2 Å². The van der Waals surface area contributed by atoms with E-state index in [4.69, 9.17) is 17.5 Å². The Labute approximate surface area is 148 Å². The van der Waals surface area contributed by atoms with E-state index >= 15 is 0 Å². The molecule has 1 heterocycles. The molecule has 0 unspecified atom stereocenters. The van der Waals surface area contributed by atoms with Gasteiger partial charge in [0, 0.05) is 39.3 Å². The average molecular weight is 349 g/mol. The number of hydrogen-bond donors (Lipinski definition) is 1. The number of thioether (sulfide) groups is 1. The number of benzene rings is 1. The van der Waals surface area contributed by atoms with E-state index in [0.29, 0.717) is 0 Å². The summed E-state index contributed by atoms with van der Waals surface area (Å²) in [5, 5.41) is 13.1. The lowest BCUT2D eigenvalue weighted by Gasteiger charge is -2.36. The molecule has 124 valence electrons. The first-order valence-electron chi connectivity index (χ1n) is 7.96. The molecule has 0 atom stereocenters. The zero-order chi connectivity index (χ0) is 16.5. The smallest absolute Gasteiger partial charge is 0.169 e. The number of piperazine rings is 1. The van der Waals surface area contributed by atoms with Crippen molar-refractivity contribution in [2.45, 2.75) is 13.0 Å². The standard InChI is InChI=1S/C17H24N4S2/c1-23-12-2-7-19-17(22)21-10-8-20(9-11-21)14-16-5-3-15(13-18)4-6-16/h3-6H,2,7-12,14H2,1H3,(H,19,22). The highest BCUT2D eigenvalue weighted by Gasteiger charge is 2.18. The van der Waals surface area contributed by atoms with Crippen LogP contribution in [0.1, 0.15) is 17.5 Å². The highest BCUT2D eigenvalue weighted by molar-refractivity contribution is 7.98. The fourth-order valence-corrected chi connectivity index (χ4v) is 3.29. The van der Waals surface area contributed by atoms with E-state index in [-0.39, 0.29) is 0 Å². The van der Waals surface area contributed by atoms with Gasteiger partial charge in [0.2, 0.25) is 0 Å². The zero-order valence-corrected chi connectivity index (χ0v) is 15.3. The Morgan fingerprint density at radius 1 is 1.26 bits per heavy atom. The molecule has 1 aliphatic rings. The summed E-state index contributed by atoms with van der Waals surface area (Å²) in [6.45, 7) is 5.90. The van der Waals surface area contributed by atoms with Crippen LogP contribution in [0.4, 0.5) is 0 Å². The maximum atomic E-state index is 8.84. The summed E-state index contributed by atoms with van der Waals surface area (Å²) in [6, 6.07) is 10.0. The first-order valence-corrected chi connectivity index (χ1v) is 9.76. The van der Waals surface area contributed by atoms with Crippen molar-refractivity contribution in [1.82, 2.24) is 15.1 Å². The minimum Gasteiger partial charge on any atom is -0.363 e. The van der Waals surface area contributed by atoms with Crippen molar-refractivity contribution in [1.29, 1.82) is 5.26 Å². The first-order chi connectivity index (χ1) is 11.2. The van der Waals surface area contributed by atoms with Crippen LogP contribution in [0.5, 0.6) is 0 Å². The van der Waals surface area contributed by atoms with E-state index in [1.54, 1.807) is 0 Å². The third kappa shape index (κ3) is 6.02. The molecular formula is C17H24N4S2. The molecule has 23 heavy (non-hydrogen) atoms. The SMILES string of the molecule is CSCCCNC(=S)N1CCN(Cc2ccc(C#N)cc2)CC1. The van der Waals surface area contributed by atoms with Crippen molar-refractivity contribution < 1.29 is 0 Å². The normalized spacial score (nSPS) is 15.2. The van der Waals surface area contributed by atoms with Gasteiger partial charge in [0.05, 0.1) is 11.6 Å². The Hall–Kier alpha value is -1.29. The molecule has 0 saturated carbocycles. The van der Waals surface area contributed by atoms with Gasteiger partial charge in [0.1, 0.15) is 0 Å². The molecular weight excluding hydrogens is 324 g/mol. The lowest BCUT2D eigenvalue weighted by Crippen LogP contribution is -2.51. The Bertz CT molecular complexity index is 531. The summed E-state index contributed by atoms with van der Waals surface area (Å²) >= 11 is 7.35. The molecule has 1 N–H and O–H groups in total. The second-order valence-corrected chi connectivity index (χ2v) is 7.02. The summed E-state index contributed by atoms with van der Waals surface area (Å²) in [6.07, 6.45) is 3.28. The van der Waals surface area contributed by atoms with Crippen molar-refractivity contribution in [3.05, 3.63) is 35.4 Å². The summed E-state index contributed by atoms with van der Waals surface area (Å²) in [7, 11) is 0. The molecule has 0 amide bonds. The molecule has 1 aliphatic heterocycles. The lowest BCUT2D eigenvalue weighted by molar-refractivity contribution is 0.174. The Morgan fingerprint density at radius 3 is 2.57 bits per heavy atom. The van der Waals surface area contributed by atoms with Gasteiger partial charge in [0.25, 0.3) is 0 Å². The van der Waals surface area contributed by atoms with E-state index in [2.05, 4.69) is 27.4 Å². The molecule has 1 fully saturated rings. The largest absolute Gasteiger partial charge is 0.363 e. The third-order valence-electron chi connectivity index (χ3n) is 3.95. The number of hydrogen-bond acceptors (Lipinski definition) is 4. The van der Waals surface area contributed by atoms with Crippen LogP contribution in [0.3, 0.4) is 0 Å². The van der Waals surface area contributed by atoms with Crippen LogP contribution in [0, 0.1) is 11.3 Å². The number of nitriles is 1. The maximum Gasteiger partial charge on any atom is 0.169 e. The predicted molar refractivity (Wildman–Crippen MR) is 102 cm³/mol. The summed E-state index contributed by atoms with van der Waals surface area (Å²) in [5.41, 5.74) is 1.98. The molecule has 2 rings (SSSR count). The van der Waals surface area contributed by atoms with Crippen LogP contribution in [0.15, 0.2) is 24.3 Å². The number of rotatable bonds is 6. The van der Waals surface area contributed by atoms with Crippen molar-refractivity contribution in [3.8, 4) is 6.07 Å². The number of nitrogens with zero attached hydrogens (tertiary/aromatic N) is 3. The van der Waals surface area contributed by atoms with Crippen molar-refractivity contribution in [2.75, 3.05) is 44.7 Å². The van der Waals surface area contributed by atoms with E-state index in [1.165, 1.54) is 11.3 Å². The van der Waals surface area contributed by atoms with E-state index in [9.17, 15) is 0 Å². The third-order valence-corrected chi connectivity index (χ3v) is 5.05. The number of thiocarbonyl (C=S) groups is 1. The molecule has 1 saturated heterocycles. The van der Waals surface area contributed by atoms with Crippen LogP contribution in [0.2, 0.25) is 0 Å². The van der Waals surface area contributed by atoms with Crippen LogP contribution in [-0.2, 0) is 6.54 Å². The van der Waals surface area contributed by atoms with E-state index in [1.807, 2.05) is 36.0 Å². The predicted octanol–water partition coefficient (Wildman–Crippen LogP) is 2.30. The van der Waals surface area contributed by atoms with Gasteiger partial charge >= 0.3 is 0 Å². The van der Waals surface area contributed by atoms with Gasteiger partial charge in [-0.25, -0.2) is 0 Å². The van der Waals surface area contributed by atoms with Gasteiger partial charge in [-0.3, -0.25) is 4.90 Å². The molecule has 0 radical (unpaired) electrons. The molecule has 4 nitrogen and oxygen atoms in total. The van der Waals surface area contributed by atoms with Crippen LogP contribution >= 0.6 is 24.0 Å². The molecule has 0 aromatic heterocycles. The Balaban J connectivity index is 1.70. The molecule has 1 aromatic rings. The van der Waals surface area contributed by atoms with Gasteiger partial charge in [-0.2, -0.15) is 17.0 Å². The summed E-state index contributed by atoms with van der Waals surface area (Å²) in [4.78, 5) is 4.71. The quantitative estimate of drug-likeness (QED) is 0.628. The second kappa shape index (κ2) is 9.76. The minimum absolute atomic E-state index is 0.719. The Morgan fingerprint density at radius 2 is 1.96 bits per heavy atom. The highest BCUT2D eigenvalue weighted by Crippen LogP contribution is 2.10.